The molecule has 5 rings (SSSR count). The molecule has 0 N–H and O–H groups in total. The van der Waals surface area contributed by atoms with Crippen molar-refractivity contribution in [3.8, 4) is 11.1 Å². The van der Waals surface area contributed by atoms with Gasteiger partial charge in [0.15, 0.2) is 0 Å². The number of rotatable bonds is 4. The minimum absolute atomic E-state index is 0.0786. The summed E-state index contributed by atoms with van der Waals surface area (Å²) < 4.78 is 6.29. The molecule has 174 valence electrons. The highest BCUT2D eigenvalue weighted by atomic mass is 16.5. The molecular weight excluding hydrogens is 412 g/mol. The van der Waals surface area contributed by atoms with Gasteiger partial charge in [0.25, 0.3) is 5.91 Å². The SMILES string of the molecule is Cc1ccc(-c2cccc(C(=O)N3CCC4(CC3)CN(CC3CCC3)C(=O)CCO4)c2)cc1. The van der Waals surface area contributed by atoms with Gasteiger partial charge < -0.3 is 14.5 Å². The third kappa shape index (κ3) is 4.84. The van der Waals surface area contributed by atoms with E-state index in [1.54, 1.807) is 0 Å². The molecule has 2 saturated heterocycles. The summed E-state index contributed by atoms with van der Waals surface area (Å²) in [5.74, 6) is 0.964. The fourth-order valence-corrected chi connectivity index (χ4v) is 5.33. The van der Waals surface area contributed by atoms with E-state index in [4.69, 9.17) is 4.74 Å². The van der Waals surface area contributed by atoms with Crippen LogP contribution in [-0.2, 0) is 9.53 Å². The van der Waals surface area contributed by atoms with Crippen molar-refractivity contribution in [2.24, 2.45) is 5.92 Å². The Labute approximate surface area is 196 Å². The van der Waals surface area contributed by atoms with Crippen LogP contribution in [0.3, 0.4) is 0 Å². The first-order chi connectivity index (χ1) is 16.0. The van der Waals surface area contributed by atoms with Gasteiger partial charge in [0.05, 0.1) is 18.6 Å². The maximum atomic E-state index is 13.3. The molecule has 5 nitrogen and oxygen atoms in total. The molecule has 3 aliphatic rings. The number of carbonyl (C=O) groups excluding carboxylic acids is 2. The summed E-state index contributed by atoms with van der Waals surface area (Å²) >= 11 is 0. The Balaban J connectivity index is 1.25. The Kier molecular flexibility index (Phi) is 6.24. The molecule has 0 bridgehead atoms. The minimum Gasteiger partial charge on any atom is -0.372 e. The number of ether oxygens (including phenoxy) is 1. The van der Waals surface area contributed by atoms with E-state index < -0.39 is 0 Å². The van der Waals surface area contributed by atoms with Crippen LogP contribution in [0, 0.1) is 12.8 Å². The molecule has 3 fully saturated rings. The lowest BCUT2D eigenvalue weighted by atomic mass is 9.84. The second-order valence-electron chi connectivity index (χ2n) is 10.1. The third-order valence-electron chi connectivity index (χ3n) is 7.72. The number of amides is 2. The molecule has 0 aromatic heterocycles. The van der Waals surface area contributed by atoms with Crippen molar-refractivity contribution in [3.05, 3.63) is 59.7 Å². The van der Waals surface area contributed by atoms with Crippen LogP contribution >= 0.6 is 0 Å². The number of benzene rings is 2. The normalized spacial score (nSPS) is 21.1. The van der Waals surface area contributed by atoms with E-state index in [0.29, 0.717) is 38.6 Å². The lowest BCUT2D eigenvalue weighted by Crippen LogP contribution is -2.53. The lowest BCUT2D eigenvalue weighted by molar-refractivity contribution is -0.133. The van der Waals surface area contributed by atoms with Crippen LogP contribution in [0.1, 0.15) is 54.4 Å². The van der Waals surface area contributed by atoms with Crippen molar-refractivity contribution in [1.82, 2.24) is 9.80 Å². The van der Waals surface area contributed by atoms with Crippen LogP contribution in [0.15, 0.2) is 48.5 Å². The fourth-order valence-electron chi connectivity index (χ4n) is 5.33. The molecule has 2 heterocycles. The van der Waals surface area contributed by atoms with Gasteiger partial charge in [-0.1, -0.05) is 48.4 Å². The Morgan fingerprint density at radius 2 is 1.82 bits per heavy atom. The van der Waals surface area contributed by atoms with Gasteiger partial charge in [-0.3, -0.25) is 9.59 Å². The predicted octanol–water partition coefficient (Wildman–Crippen LogP) is 4.69. The molecule has 1 spiro atoms. The van der Waals surface area contributed by atoms with E-state index in [-0.39, 0.29) is 17.4 Å². The maximum absolute atomic E-state index is 13.3. The molecular formula is C28H34N2O3. The van der Waals surface area contributed by atoms with E-state index >= 15 is 0 Å². The Hall–Kier alpha value is -2.66. The second-order valence-corrected chi connectivity index (χ2v) is 10.1. The number of nitrogens with zero attached hydrogens (tertiary/aromatic N) is 2. The van der Waals surface area contributed by atoms with Gasteiger partial charge in [0.2, 0.25) is 5.91 Å². The van der Waals surface area contributed by atoms with Gasteiger partial charge in [-0.15, -0.1) is 0 Å². The molecule has 1 aliphatic carbocycles. The molecule has 2 aromatic rings. The highest BCUT2D eigenvalue weighted by molar-refractivity contribution is 5.95. The fraction of sp³-hybridized carbons (Fsp3) is 0.500. The van der Waals surface area contributed by atoms with E-state index in [2.05, 4.69) is 42.2 Å². The monoisotopic (exact) mass is 446 g/mol. The van der Waals surface area contributed by atoms with E-state index in [1.807, 2.05) is 23.1 Å². The average molecular weight is 447 g/mol. The van der Waals surface area contributed by atoms with Gasteiger partial charge in [0.1, 0.15) is 0 Å². The van der Waals surface area contributed by atoms with Gasteiger partial charge in [0, 0.05) is 31.7 Å². The Morgan fingerprint density at radius 1 is 1.06 bits per heavy atom. The zero-order valence-electron chi connectivity index (χ0n) is 19.6. The average Bonchev–Trinajstić information content (AvgIpc) is 2.95. The molecule has 2 amide bonds. The number of hydrogen-bond donors (Lipinski definition) is 0. The Bertz CT molecular complexity index is 1000. The first kappa shape index (κ1) is 22.1. The number of likely N-dealkylation sites (tertiary alicyclic amines) is 1. The van der Waals surface area contributed by atoms with Crippen molar-refractivity contribution in [2.75, 3.05) is 32.8 Å². The number of aryl methyl sites for hydroxylation is 1. The summed E-state index contributed by atoms with van der Waals surface area (Å²) in [6, 6.07) is 16.3. The van der Waals surface area contributed by atoms with Crippen LogP contribution in [-0.4, -0.2) is 60.0 Å². The van der Waals surface area contributed by atoms with Gasteiger partial charge >= 0.3 is 0 Å². The molecule has 33 heavy (non-hydrogen) atoms. The maximum Gasteiger partial charge on any atom is 0.253 e. The van der Waals surface area contributed by atoms with Gasteiger partial charge in [-0.2, -0.15) is 0 Å². The minimum atomic E-state index is -0.309. The molecule has 0 radical (unpaired) electrons. The highest BCUT2D eigenvalue weighted by Crippen LogP contribution is 2.33. The number of hydrogen-bond acceptors (Lipinski definition) is 3. The summed E-state index contributed by atoms with van der Waals surface area (Å²) in [4.78, 5) is 29.9. The quantitative estimate of drug-likeness (QED) is 0.685. The van der Waals surface area contributed by atoms with Crippen LogP contribution in [0.5, 0.6) is 0 Å². The van der Waals surface area contributed by atoms with Crippen molar-refractivity contribution in [2.45, 2.75) is 51.0 Å². The number of carbonyl (C=O) groups is 2. The number of piperidine rings is 1. The topological polar surface area (TPSA) is 49.9 Å². The largest absolute Gasteiger partial charge is 0.372 e. The molecule has 2 aliphatic heterocycles. The van der Waals surface area contributed by atoms with Crippen LogP contribution < -0.4 is 0 Å². The highest BCUT2D eigenvalue weighted by Gasteiger charge is 2.42. The third-order valence-corrected chi connectivity index (χ3v) is 7.72. The summed E-state index contributed by atoms with van der Waals surface area (Å²) in [7, 11) is 0. The summed E-state index contributed by atoms with van der Waals surface area (Å²) in [5.41, 5.74) is 3.83. The van der Waals surface area contributed by atoms with Crippen molar-refractivity contribution in [3.63, 3.8) is 0 Å². The predicted molar refractivity (Wildman–Crippen MR) is 129 cm³/mol. The summed E-state index contributed by atoms with van der Waals surface area (Å²) in [6.45, 7) is 5.45. The molecule has 0 unspecified atom stereocenters. The van der Waals surface area contributed by atoms with Gasteiger partial charge in [-0.25, -0.2) is 0 Å². The first-order valence-corrected chi connectivity index (χ1v) is 12.4. The van der Waals surface area contributed by atoms with Gasteiger partial charge in [-0.05, 0) is 61.8 Å². The van der Waals surface area contributed by atoms with Crippen LogP contribution in [0.4, 0.5) is 0 Å². The summed E-state index contributed by atoms with van der Waals surface area (Å²) in [6.07, 6.45) is 5.80. The second kappa shape index (κ2) is 9.30. The lowest BCUT2D eigenvalue weighted by Gasteiger charge is -2.43. The zero-order chi connectivity index (χ0) is 22.8. The van der Waals surface area contributed by atoms with Crippen LogP contribution in [0.25, 0.3) is 11.1 Å². The van der Waals surface area contributed by atoms with E-state index in [1.165, 1.54) is 24.8 Å². The van der Waals surface area contributed by atoms with E-state index in [0.717, 1.165) is 36.1 Å². The first-order valence-electron chi connectivity index (χ1n) is 12.4. The molecule has 2 aromatic carbocycles. The van der Waals surface area contributed by atoms with Crippen molar-refractivity contribution in [1.29, 1.82) is 0 Å². The standard InChI is InChI=1S/C28H34N2O3/c1-21-8-10-23(11-9-21)24-6-3-7-25(18-24)27(32)29-15-13-28(14-16-29)20-30(19-22-4-2-5-22)26(31)12-17-33-28/h3,6-11,18,22H,2,4-5,12-17,19-20H2,1H3. The molecule has 5 heteroatoms. The van der Waals surface area contributed by atoms with Crippen molar-refractivity contribution < 1.29 is 14.3 Å². The smallest absolute Gasteiger partial charge is 0.253 e. The molecule has 1 saturated carbocycles. The van der Waals surface area contributed by atoms with E-state index in [9.17, 15) is 9.59 Å². The van der Waals surface area contributed by atoms with Crippen LogP contribution in [0.2, 0.25) is 0 Å². The molecule has 0 atom stereocenters. The summed E-state index contributed by atoms with van der Waals surface area (Å²) in [5, 5.41) is 0. The zero-order valence-corrected chi connectivity index (χ0v) is 19.6. The Morgan fingerprint density at radius 3 is 2.52 bits per heavy atom. The van der Waals surface area contributed by atoms with Crippen molar-refractivity contribution >= 4 is 11.8 Å².